The summed E-state index contributed by atoms with van der Waals surface area (Å²) in [7, 11) is -3.62. The van der Waals surface area contributed by atoms with E-state index in [0.29, 0.717) is 12.2 Å². The lowest BCUT2D eigenvalue weighted by molar-refractivity contribution is 0.601. The van der Waals surface area contributed by atoms with E-state index in [2.05, 4.69) is 16.1 Å². The number of hydrogen-bond donors (Lipinski definition) is 2. The van der Waals surface area contributed by atoms with Crippen LogP contribution in [0.15, 0.2) is 65.6 Å². The van der Waals surface area contributed by atoms with Crippen molar-refractivity contribution in [3.63, 3.8) is 0 Å². The Kier molecular flexibility index (Phi) is 4.99. The highest BCUT2D eigenvalue weighted by atomic mass is 35.5. The van der Waals surface area contributed by atoms with E-state index in [-0.39, 0.29) is 17.3 Å². The number of halogens is 1. The molecule has 3 aromatic carbocycles. The van der Waals surface area contributed by atoms with Gasteiger partial charge in [0.05, 0.1) is 10.6 Å². The van der Waals surface area contributed by atoms with E-state index in [9.17, 15) is 8.42 Å². The topological polar surface area (TPSA) is 58.2 Å². The van der Waals surface area contributed by atoms with Crippen molar-refractivity contribution in [3.8, 4) is 0 Å². The van der Waals surface area contributed by atoms with E-state index >= 15 is 0 Å². The summed E-state index contributed by atoms with van der Waals surface area (Å²) in [6, 6.07) is 18.7. The number of sulfonamides is 1. The first kappa shape index (κ1) is 17.7. The third-order valence-electron chi connectivity index (χ3n) is 4.42. The number of anilines is 1. The molecule has 130 valence electrons. The molecular weight excluding hydrogens is 356 g/mol. The summed E-state index contributed by atoms with van der Waals surface area (Å²) in [5.41, 5.74) is 2.90. The molecule has 2 N–H and O–H groups in total. The minimum absolute atomic E-state index is 0. The molecule has 0 aliphatic carbocycles. The lowest BCUT2D eigenvalue weighted by Gasteiger charge is -2.21. The van der Waals surface area contributed by atoms with Crippen molar-refractivity contribution in [2.75, 3.05) is 11.3 Å². The third-order valence-corrected chi connectivity index (χ3v) is 5.78. The summed E-state index contributed by atoms with van der Waals surface area (Å²) in [5.74, 6) is 0. The maximum Gasteiger partial charge on any atom is 0.261 e. The Bertz CT molecular complexity index is 1020. The quantitative estimate of drug-likeness (QED) is 0.734. The fourth-order valence-corrected chi connectivity index (χ4v) is 4.28. The molecular formula is C19H19ClN2O2S. The zero-order valence-corrected chi connectivity index (χ0v) is 15.2. The lowest BCUT2D eigenvalue weighted by Crippen LogP contribution is -2.25. The Hall–Kier alpha value is -2.08. The first-order chi connectivity index (χ1) is 11.6. The second kappa shape index (κ2) is 7.04. The monoisotopic (exact) mass is 374 g/mol. The zero-order chi connectivity index (χ0) is 16.6. The van der Waals surface area contributed by atoms with Gasteiger partial charge in [0.15, 0.2) is 0 Å². The summed E-state index contributed by atoms with van der Waals surface area (Å²) in [4.78, 5) is 0.280. The van der Waals surface area contributed by atoms with Crippen LogP contribution in [0.5, 0.6) is 0 Å². The number of rotatable bonds is 3. The van der Waals surface area contributed by atoms with Crippen LogP contribution >= 0.6 is 12.4 Å². The second-order valence-electron chi connectivity index (χ2n) is 5.98. The molecule has 6 heteroatoms. The number of nitrogens with one attached hydrogen (secondary N) is 2. The van der Waals surface area contributed by atoms with Gasteiger partial charge in [-0.05, 0) is 53.1 Å². The first-order valence-corrected chi connectivity index (χ1v) is 9.45. The van der Waals surface area contributed by atoms with Gasteiger partial charge in [-0.2, -0.15) is 0 Å². The average molecular weight is 375 g/mol. The van der Waals surface area contributed by atoms with Crippen LogP contribution in [-0.4, -0.2) is 15.0 Å². The van der Waals surface area contributed by atoms with Gasteiger partial charge in [-0.25, -0.2) is 8.42 Å². The highest BCUT2D eigenvalue weighted by Gasteiger charge is 2.19. The summed E-state index contributed by atoms with van der Waals surface area (Å²) >= 11 is 0. The molecule has 0 fully saturated rings. The minimum atomic E-state index is -3.62. The molecule has 0 bridgehead atoms. The molecule has 4 rings (SSSR count). The predicted octanol–water partition coefficient (Wildman–Crippen LogP) is 3.71. The summed E-state index contributed by atoms with van der Waals surface area (Å²) in [6.45, 7) is 1.61. The Morgan fingerprint density at radius 1 is 0.920 bits per heavy atom. The largest absolute Gasteiger partial charge is 0.312 e. The predicted molar refractivity (Wildman–Crippen MR) is 104 cm³/mol. The van der Waals surface area contributed by atoms with E-state index in [4.69, 9.17) is 0 Å². The van der Waals surface area contributed by atoms with Gasteiger partial charge in [0, 0.05) is 6.54 Å². The van der Waals surface area contributed by atoms with Crippen LogP contribution in [-0.2, 0) is 23.0 Å². The standard InChI is InChI=1S/C19H18N2O2S.ClH/c22-24(23,17-9-8-14-4-1-2-5-16(14)12-17)21-19-7-3-6-15-10-11-20-13-18(15)19;/h1-9,12,20-21H,10-11,13H2;1H. The van der Waals surface area contributed by atoms with Crippen molar-refractivity contribution in [1.29, 1.82) is 0 Å². The van der Waals surface area contributed by atoms with Crippen molar-refractivity contribution in [2.24, 2.45) is 0 Å². The SMILES string of the molecule is Cl.O=S(=O)(Nc1cccc2c1CNCC2)c1ccc2ccccc2c1. The Morgan fingerprint density at radius 3 is 2.56 bits per heavy atom. The molecule has 0 amide bonds. The van der Waals surface area contributed by atoms with Crippen LogP contribution in [0.2, 0.25) is 0 Å². The highest BCUT2D eigenvalue weighted by molar-refractivity contribution is 7.92. The molecule has 1 aliphatic heterocycles. The molecule has 0 saturated heterocycles. The molecule has 1 heterocycles. The maximum atomic E-state index is 12.8. The minimum Gasteiger partial charge on any atom is -0.312 e. The normalized spacial score (nSPS) is 13.8. The summed E-state index contributed by atoms with van der Waals surface area (Å²) in [6.07, 6.45) is 0.918. The molecule has 0 radical (unpaired) electrons. The Labute approximate surface area is 153 Å². The zero-order valence-electron chi connectivity index (χ0n) is 13.5. The first-order valence-electron chi connectivity index (χ1n) is 7.97. The fourth-order valence-electron chi connectivity index (χ4n) is 3.15. The summed E-state index contributed by atoms with van der Waals surface area (Å²) < 4.78 is 28.4. The molecule has 0 spiro atoms. The third kappa shape index (κ3) is 3.49. The van der Waals surface area contributed by atoms with Crippen LogP contribution in [0.25, 0.3) is 10.8 Å². The van der Waals surface area contributed by atoms with Gasteiger partial charge in [0.2, 0.25) is 0 Å². The summed E-state index contributed by atoms with van der Waals surface area (Å²) in [5, 5.41) is 5.24. The van der Waals surface area contributed by atoms with Gasteiger partial charge in [0.1, 0.15) is 0 Å². The van der Waals surface area contributed by atoms with Crippen LogP contribution < -0.4 is 10.0 Å². The van der Waals surface area contributed by atoms with Crippen molar-refractivity contribution in [2.45, 2.75) is 17.9 Å². The lowest BCUT2D eigenvalue weighted by atomic mass is 10.00. The highest BCUT2D eigenvalue weighted by Crippen LogP contribution is 2.26. The van der Waals surface area contributed by atoms with Crippen LogP contribution in [0, 0.1) is 0 Å². The number of fused-ring (bicyclic) bond motifs is 2. The molecule has 0 saturated carbocycles. The van der Waals surface area contributed by atoms with E-state index in [1.165, 1.54) is 5.56 Å². The van der Waals surface area contributed by atoms with Gasteiger partial charge in [0.25, 0.3) is 10.0 Å². The Balaban J connectivity index is 0.00000182. The average Bonchev–Trinajstić information content (AvgIpc) is 2.61. The molecule has 25 heavy (non-hydrogen) atoms. The second-order valence-corrected chi connectivity index (χ2v) is 7.67. The molecule has 1 aliphatic rings. The van der Waals surface area contributed by atoms with Crippen LogP contribution in [0.1, 0.15) is 11.1 Å². The molecule has 4 nitrogen and oxygen atoms in total. The van der Waals surface area contributed by atoms with Crippen LogP contribution in [0.4, 0.5) is 5.69 Å². The van der Waals surface area contributed by atoms with E-state index in [1.807, 2.05) is 42.5 Å². The Morgan fingerprint density at radius 2 is 1.72 bits per heavy atom. The number of hydrogen-bond acceptors (Lipinski definition) is 3. The van der Waals surface area contributed by atoms with Gasteiger partial charge in [-0.15, -0.1) is 12.4 Å². The molecule has 3 aromatic rings. The smallest absolute Gasteiger partial charge is 0.261 e. The fraction of sp³-hybridized carbons (Fsp3) is 0.158. The van der Waals surface area contributed by atoms with Crippen LogP contribution in [0.3, 0.4) is 0 Å². The van der Waals surface area contributed by atoms with E-state index in [0.717, 1.165) is 29.3 Å². The van der Waals surface area contributed by atoms with E-state index in [1.54, 1.807) is 12.1 Å². The maximum absolute atomic E-state index is 12.8. The molecule has 0 atom stereocenters. The van der Waals surface area contributed by atoms with Crippen molar-refractivity contribution < 1.29 is 8.42 Å². The van der Waals surface area contributed by atoms with Crippen molar-refractivity contribution >= 4 is 38.9 Å². The van der Waals surface area contributed by atoms with Gasteiger partial charge < -0.3 is 5.32 Å². The van der Waals surface area contributed by atoms with Crippen molar-refractivity contribution in [1.82, 2.24) is 5.32 Å². The number of benzene rings is 3. The van der Waals surface area contributed by atoms with E-state index < -0.39 is 10.0 Å². The van der Waals surface area contributed by atoms with Gasteiger partial charge >= 0.3 is 0 Å². The van der Waals surface area contributed by atoms with Gasteiger partial charge in [-0.3, -0.25) is 4.72 Å². The molecule has 0 unspecified atom stereocenters. The molecule has 0 aromatic heterocycles. The van der Waals surface area contributed by atoms with Crippen molar-refractivity contribution in [3.05, 3.63) is 71.8 Å². The van der Waals surface area contributed by atoms with Gasteiger partial charge in [-0.1, -0.05) is 42.5 Å².